The highest BCUT2D eigenvalue weighted by molar-refractivity contribution is 7.17. The fourth-order valence-corrected chi connectivity index (χ4v) is 6.35. The van der Waals surface area contributed by atoms with Crippen molar-refractivity contribution in [3.05, 3.63) is 58.1 Å². The third-order valence-electron chi connectivity index (χ3n) is 7.82. The van der Waals surface area contributed by atoms with Crippen molar-refractivity contribution >= 4 is 45.0 Å². The second-order valence-corrected chi connectivity index (χ2v) is 11.3. The standard InChI is InChI=1S/C26H30ClN3O2S/c1-16-5-4-6-20(17(16)2)28-25(32)26(3)15-29-21-11-12-33-23(21)13-22(29)24(31)30(26)14-18-7-9-19(27)10-8-18/h7-13,16-17,20H,4-6,14-15H2,1-3H3,(H,28,32)/t16-,17-,20+,26+/m1/s1. The molecule has 1 aromatic carbocycles. The van der Waals surface area contributed by atoms with Crippen LogP contribution in [-0.2, 0) is 17.9 Å². The summed E-state index contributed by atoms with van der Waals surface area (Å²) in [5.74, 6) is 0.818. The van der Waals surface area contributed by atoms with Gasteiger partial charge in [-0.3, -0.25) is 9.59 Å². The maximum atomic E-state index is 13.9. The van der Waals surface area contributed by atoms with Crippen LogP contribution in [0.5, 0.6) is 0 Å². The molecule has 174 valence electrons. The molecule has 0 saturated heterocycles. The molecule has 7 heteroatoms. The fraction of sp³-hybridized carbons (Fsp3) is 0.462. The molecule has 0 spiro atoms. The minimum absolute atomic E-state index is 0.0708. The van der Waals surface area contributed by atoms with E-state index in [1.54, 1.807) is 16.2 Å². The van der Waals surface area contributed by atoms with Crippen LogP contribution in [0.15, 0.2) is 41.8 Å². The molecule has 2 aromatic heterocycles. The summed E-state index contributed by atoms with van der Waals surface area (Å²) in [6.45, 7) is 7.20. The monoisotopic (exact) mass is 483 g/mol. The van der Waals surface area contributed by atoms with Gasteiger partial charge in [-0.05, 0) is 60.4 Å². The van der Waals surface area contributed by atoms with Crippen LogP contribution < -0.4 is 5.32 Å². The van der Waals surface area contributed by atoms with E-state index in [9.17, 15) is 9.59 Å². The molecule has 1 N–H and O–H groups in total. The van der Waals surface area contributed by atoms with Crippen LogP contribution in [0.1, 0.15) is 56.1 Å². The molecule has 3 heterocycles. The number of carbonyl (C=O) groups excluding carboxylic acids is 2. The van der Waals surface area contributed by atoms with Crippen molar-refractivity contribution in [2.75, 3.05) is 0 Å². The number of halogens is 1. The Kier molecular flexibility index (Phi) is 5.78. The highest BCUT2D eigenvalue weighted by atomic mass is 35.5. The average Bonchev–Trinajstić information content (AvgIpc) is 3.38. The average molecular weight is 484 g/mol. The molecule has 0 bridgehead atoms. The molecule has 4 atom stereocenters. The lowest BCUT2D eigenvalue weighted by Gasteiger charge is -2.45. The summed E-state index contributed by atoms with van der Waals surface area (Å²) in [5, 5.41) is 6.04. The zero-order chi connectivity index (χ0) is 23.3. The Hall–Kier alpha value is -2.31. The summed E-state index contributed by atoms with van der Waals surface area (Å²) >= 11 is 7.70. The maximum Gasteiger partial charge on any atom is 0.271 e. The number of hydrogen-bond acceptors (Lipinski definition) is 3. The van der Waals surface area contributed by atoms with Gasteiger partial charge in [-0.2, -0.15) is 0 Å². The fourth-order valence-electron chi connectivity index (χ4n) is 5.40. The predicted octanol–water partition coefficient (Wildman–Crippen LogP) is 5.71. The molecule has 1 aliphatic heterocycles. The van der Waals surface area contributed by atoms with Crippen LogP contribution in [0, 0.1) is 11.8 Å². The first-order valence-electron chi connectivity index (χ1n) is 11.7. The van der Waals surface area contributed by atoms with Gasteiger partial charge >= 0.3 is 0 Å². The first-order chi connectivity index (χ1) is 15.8. The van der Waals surface area contributed by atoms with E-state index in [2.05, 4.69) is 19.2 Å². The van der Waals surface area contributed by atoms with Crippen LogP contribution in [0.2, 0.25) is 5.02 Å². The molecule has 0 unspecified atom stereocenters. The van der Waals surface area contributed by atoms with Gasteiger partial charge in [-0.15, -0.1) is 11.3 Å². The van der Waals surface area contributed by atoms with Crippen molar-refractivity contribution in [3.8, 4) is 0 Å². The van der Waals surface area contributed by atoms with E-state index in [-0.39, 0.29) is 17.9 Å². The van der Waals surface area contributed by atoms with Crippen molar-refractivity contribution in [2.24, 2.45) is 11.8 Å². The highest BCUT2D eigenvalue weighted by Crippen LogP contribution is 2.36. The van der Waals surface area contributed by atoms with E-state index in [0.717, 1.165) is 28.6 Å². The van der Waals surface area contributed by atoms with Crippen molar-refractivity contribution in [1.82, 2.24) is 14.8 Å². The van der Waals surface area contributed by atoms with Crippen LogP contribution in [0.3, 0.4) is 0 Å². The van der Waals surface area contributed by atoms with Crippen molar-refractivity contribution in [1.29, 1.82) is 0 Å². The number of aromatic nitrogens is 1. The summed E-state index contributed by atoms with van der Waals surface area (Å²) in [6.07, 6.45) is 3.31. The summed E-state index contributed by atoms with van der Waals surface area (Å²) in [4.78, 5) is 29.4. The van der Waals surface area contributed by atoms with E-state index in [1.807, 2.05) is 53.3 Å². The molecule has 1 fully saturated rings. The maximum absolute atomic E-state index is 13.9. The molecular weight excluding hydrogens is 454 g/mol. The first kappa shape index (κ1) is 22.5. The lowest BCUT2D eigenvalue weighted by molar-refractivity contribution is -0.134. The van der Waals surface area contributed by atoms with Crippen LogP contribution >= 0.6 is 22.9 Å². The number of fused-ring (bicyclic) bond motifs is 3. The van der Waals surface area contributed by atoms with Gasteiger partial charge in [-0.1, -0.05) is 50.4 Å². The molecule has 5 nitrogen and oxygen atoms in total. The Balaban J connectivity index is 1.52. The number of nitrogens with one attached hydrogen (secondary N) is 1. The minimum atomic E-state index is -1.00. The highest BCUT2D eigenvalue weighted by Gasteiger charge is 2.48. The van der Waals surface area contributed by atoms with Gasteiger partial charge in [0.25, 0.3) is 5.91 Å². The van der Waals surface area contributed by atoms with Gasteiger partial charge in [0, 0.05) is 17.6 Å². The topological polar surface area (TPSA) is 54.3 Å². The van der Waals surface area contributed by atoms with Gasteiger partial charge in [0.2, 0.25) is 5.91 Å². The van der Waals surface area contributed by atoms with Crippen LogP contribution in [-0.4, -0.2) is 32.9 Å². The number of benzene rings is 1. The quantitative estimate of drug-likeness (QED) is 0.516. The Morgan fingerprint density at radius 2 is 1.97 bits per heavy atom. The van der Waals surface area contributed by atoms with E-state index in [1.165, 1.54) is 6.42 Å². The molecule has 2 amide bonds. The number of rotatable bonds is 4. The Morgan fingerprint density at radius 3 is 2.73 bits per heavy atom. The smallest absolute Gasteiger partial charge is 0.271 e. The number of hydrogen-bond donors (Lipinski definition) is 1. The van der Waals surface area contributed by atoms with E-state index >= 15 is 0 Å². The third kappa shape index (κ3) is 3.87. The Bertz CT molecular complexity index is 1200. The minimum Gasteiger partial charge on any atom is -0.351 e. The predicted molar refractivity (Wildman–Crippen MR) is 134 cm³/mol. The van der Waals surface area contributed by atoms with Gasteiger partial charge in [0.05, 0.1) is 16.8 Å². The molecule has 33 heavy (non-hydrogen) atoms. The third-order valence-corrected chi connectivity index (χ3v) is 8.92. The molecule has 0 radical (unpaired) electrons. The molecule has 5 rings (SSSR count). The van der Waals surface area contributed by atoms with E-state index in [0.29, 0.717) is 35.6 Å². The van der Waals surface area contributed by atoms with Crippen LogP contribution in [0.25, 0.3) is 10.2 Å². The lowest BCUT2D eigenvalue weighted by Crippen LogP contribution is -2.65. The lowest BCUT2D eigenvalue weighted by atomic mass is 9.77. The van der Waals surface area contributed by atoms with Crippen LogP contribution in [0.4, 0.5) is 0 Å². The number of amides is 2. The molecule has 1 saturated carbocycles. The molecule has 1 aliphatic carbocycles. The summed E-state index contributed by atoms with van der Waals surface area (Å²) in [5.41, 5.74) is 1.62. The van der Waals surface area contributed by atoms with Gasteiger partial charge < -0.3 is 14.8 Å². The summed E-state index contributed by atoms with van der Waals surface area (Å²) in [6, 6.07) is 11.6. The Morgan fingerprint density at radius 1 is 1.21 bits per heavy atom. The molecule has 2 aliphatic rings. The first-order valence-corrected chi connectivity index (χ1v) is 13.0. The summed E-state index contributed by atoms with van der Waals surface area (Å²) in [7, 11) is 0. The molecular formula is C26H30ClN3O2S. The second kappa shape index (κ2) is 8.48. The van der Waals surface area contributed by atoms with Gasteiger partial charge in [-0.25, -0.2) is 0 Å². The van der Waals surface area contributed by atoms with Crippen molar-refractivity contribution in [2.45, 2.75) is 64.7 Å². The van der Waals surface area contributed by atoms with Crippen molar-refractivity contribution < 1.29 is 9.59 Å². The molecule has 3 aromatic rings. The van der Waals surface area contributed by atoms with E-state index in [4.69, 9.17) is 11.6 Å². The zero-order valence-corrected chi connectivity index (χ0v) is 20.9. The van der Waals surface area contributed by atoms with E-state index < -0.39 is 5.54 Å². The number of carbonyl (C=O) groups is 2. The zero-order valence-electron chi connectivity index (χ0n) is 19.3. The SMILES string of the molecule is C[C@@H]1[C@H](C)CCC[C@@H]1NC(=O)[C@]1(C)Cn2c(cc3sccc32)C(=O)N1Cc1ccc(Cl)cc1. The largest absolute Gasteiger partial charge is 0.351 e. The summed E-state index contributed by atoms with van der Waals surface area (Å²) < 4.78 is 3.10. The van der Waals surface area contributed by atoms with Crippen molar-refractivity contribution in [3.63, 3.8) is 0 Å². The van der Waals surface area contributed by atoms with Gasteiger partial charge in [0.15, 0.2) is 0 Å². The number of nitrogens with zero attached hydrogens (tertiary/aromatic N) is 2. The Labute approximate surface area is 203 Å². The van der Waals surface area contributed by atoms with Gasteiger partial charge in [0.1, 0.15) is 11.2 Å². The second-order valence-electron chi connectivity index (χ2n) is 9.92. The number of thiophene rings is 1. The normalized spacial score (nSPS) is 27.6.